The van der Waals surface area contributed by atoms with Crippen LogP contribution >= 0.6 is 0 Å². The van der Waals surface area contributed by atoms with Gasteiger partial charge < -0.3 is 9.88 Å². The molecule has 3 aromatic heterocycles. The third kappa shape index (κ3) is 2.67. The highest BCUT2D eigenvalue weighted by molar-refractivity contribution is 5.44. The lowest BCUT2D eigenvalue weighted by Crippen LogP contribution is -2.02. The maximum atomic E-state index is 4.43. The Morgan fingerprint density at radius 2 is 2.10 bits per heavy atom. The summed E-state index contributed by atoms with van der Waals surface area (Å²) in [6, 6.07) is 6.23. The Morgan fingerprint density at radius 3 is 2.67 bits per heavy atom. The van der Waals surface area contributed by atoms with Crippen LogP contribution in [0.4, 0.5) is 5.69 Å². The Balaban J connectivity index is 1.69. The molecular weight excluding hydrogens is 262 g/mol. The quantitative estimate of drug-likeness (QED) is 0.800. The lowest BCUT2D eigenvalue weighted by atomic mass is 10.2. The van der Waals surface area contributed by atoms with Crippen molar-refractivity contribution in [2.75, 3.05) is 5.32 Å². The Labute approximate surface area is 124 Å². The molecule has 0 fully saturated rings. The van der Waals surface area contributed by atoms with Crippen molar-refractivity contribution in [3.8, 4) is 5.82 Å². The predicted molar refractivity (Wildman–Crippen MR) is 83.6 cm³/mol. The van der Waals surface area contributed by atoms with Crippen LogP contribution in [-0.2, 0) is 13.6 Å². The monoisotopic (exact) mass is 281 g/mol. The molecule has 0 saturated carbocycles. The number of hydrogen-bond acceptors (Lipinski definition) is 3. The summed E-state index contributed by atoms with van der Waals surface area (Å²) in [6.45, 7) is 5.07. The van der Waals surface area contributed by atoms with E-state index in [1.54, 1.807) is 12.5 Å². The minimum Gasteiger partial charge on any atom is -0.380 e. The van der Waals surface area contributed by atoms with Crippen LogP contribution in [0.3, 0.4) is 0 Å². The zero-order valence-corrected chi connectivity index (χ0v) is 12.5. The molecule has 0 aromatic carbocycles. The topological polar surface area (TPSA) is 47.7 Å². The summed E-state index contributed by atoms with van der Waals surface area (Å²) in [5, 5.41) is 3.41. The first-order valence-electron chi connectivity index (χ1n) is 6.95. The van der Waals surface area contributed by atoms with Crippen LogP contribution in [0.25, 0.3) is 5.82 Å². The van der Waals surface area contributed by atoms with Gasteiger partial charge in [-0.1, -0.05) is 0 Å². The molecule has 0 atom stereocenters. The van der Waals surface area contributed by atoms with Crippen molar-refractivity contribution in [1.82, 2.24) is 19.1 Å². The van der Waals surface area contributed by atoms with Gasteiger partial charge in [0.15, 0.2) is 0 Å². The van der Waals surface area contributed by atoms with Crippen molar-refractivity contribution in [3.05, 3.63) is 60.1 Å². The van der Waals surface area contributed by atoms with Crippen LogP contribution in [0.1, 0.15) is 17.0 Å². The summed E-state index contributed by atoms with van der Waals surface area (Å²) in [4.78, 5) is 8.46. The molecule has 5 heteroatoms. The molecule has 0 radical (unpaired) electrons. The van der Waals surface area contributed by atoms with Gasteiger partial charge in [0.25, 0.3) is 0 Å². The van der Waals surface area contributed by atoms with Crippen molar-refractivity contribution in [2.45, 2.75) is 20.4 Å². The lowest BCUT2D eigenvalue weighted by molar-refractivity contribution is 0.837. The third-order valence-corrected chi connectivity index (χ3v) is 3.88. The van der Waals surface area contributed by atoms with Crippen LogP contribution in [0, 0.1) is 13.8 Å². The van der Waals surface area contributed by atoms with Gasteiger partial charge in [0.05, 0.1) is 11.9 Å². The average molecular weight is 281 g/mol. The van der Waals surface area contributed by atoms with Gasteiger partial charge in [-0.05, 0) is 37.6 Å². The normalized spacial score (nSPS) is 10.8. The van der Waals surface area contributed by atoms with Crippen molar-refractivity contribution < 1.29 is 0 Å². The molecule has 108 valence electrons. The smallest absolute Gasteiger partial charge is 0.137 e. The van der Waals surface area contributed by atoms with Gasteiger partial charge in [0, 0.05) is 37.4 Å². The molecule has 3 aromatic rings. The van der Waals surface area contributed by atoms with E-state index in [-0.39, 0.29) is 0 Å². The summed E-state index contributed by atoms with van der Waals surface area (Å²) in [6.07, 6.45) is 7.21. The summed E-state index contributed by atoms with van der Waals surface area (Å²) in [5.74, 6) is 0.866. The third-order valence-electron chi connectivity index (χ3n) is 3.88. The highest BCUT2D eigenvalue weighted by atomic mass is 15.1. The molecule has 1 N–H and O–H groups in total. The molecule has 0 saturated heterocycles. The molecule has 0 aliphatic heterocycles. The van der Waals surface area contributed by atoms with Crippen LogP contribution < -0.4 is 5.32 Å². The molecule has 0 amide bonds. The highest BCUT2D eigenvalue weighted by Gasteiger charge is 2.05. The van der Waals surface area contributed by atoms with Gasteiger partial charge in [-0.25, -0.2) is 9.97 Å². The fraction of sp³-hybridized carbons (Fsp3) is 0.250. The van der Waals surface area contributed by atoms with Gasteiger partial charge in [0.1, 0.15) is 12.1 Å². The Kier molecular flexibility index (Phi) is 3.48. The molecule has 0 unspecified atom stereocenters. The summed E-state index contributed by atoms with van der Waals surface area (Å²) in [7, 11) is 2.09. The molecule has 0 aliphatic carbocycles. The number of rotatable bonds is 4. The molecule has 5 nitrogen and oxygen atoms in total. The fourth-order valence-electron chi connectivity index (χ4n) is 2.35. The van der Waals surface area contributed by atoms with E-state index >= 15 is 0 Å². The van der Waals surface area contributed by atoms with Gasteiger partial charge in [-0.2, -0.15) is 0 Å². The van der Waals surface area contributed by atoms with E-state index in [0.717, 1.165) is 18.1 Å². The number of aromatic nitrogens is 4. The van der Waals surface area contributed by atoms with E-state index in [9.17, 15) is 0 Å². The highest BCUT2D eigenvalue weighted by Crippen LogP contribution is 2.16. The van der Waals surface area contributed by atoms with E-state index in [4.69, 9.17) is 0 Å². The molecule has 21 heavy (non-hydrogen) atoms. The first-order valence-corrected chi connectivity index (χ1v) is 6.95. The molecule has 3 heterocycles. The second-order valence-electron chi connectivity index (χ2n) is 5.18. The Morgan fingerprint density at radius 1 is 1.24 bits per heavy atom. The van der Waals surface area contributed by atoms with Gasteiger partial charge in [0.2, 0.25) is 0 Å². The van der Waals surface area contributed by atoms with E-state index in [2.05, 4.69) is 46.8 Å². The lowest BCUT2D eigenvalue weighted by Gasteiger charge is -2.08. The fourth-order valence-corrected chi connectivity index (χ4v) is 2.35. The molecular formula is C16H19N5. The molecule has 0 bridgehead atoms. The zero-order valence-electron chi connectivity index (χ0n) is 12.5. The summed E-state index contributed by atoms with van der Waals surface area (Å²) in [5.41, 5.74) is 4.90. The number of nitrogens with zero attached hydrogens (tertiary/aromatic N) is 4. The van der Waals surface area contributed by atoms with Crippen molar-refractivity contribution in [1.29, 1.82) is 0 Å². The predicted octanol–water partition coefficient (Wildman–Crippen LogP) is 2.83. The molecule has 0 aliphatic rings. The minimum absolute atomic E-state index is 0.805. The van der Waals surface area contributed by atoms with E-state index in [0.29, 0.717) is 0 Å². The van der Waals surface area contributed by atoms with E-state index in [1.165, 1.54) is 17.0 Å². The van der Waals surface area contributed by atoms with Crippen molar-refractivity contribution >= 4 is 5.69 Å². The number of nitrogens with one attached hydrogen (secondary N) is 1. The van der Waals surface area contributed by atoms with Crippen LogP contribution in [0.5, 0.6) is 0 Å². The summed E-state index contributed by atoms with van der Waals surface area (Å²) >= 11 is 0. The van der Waals surface area contributed by atoms with Gasteiger partial charge in [-0.15, -0.1) is 0 Å². The molecule has 3 rings (SSSR count). The average Bonchev–Trinajstić information content (AvgIpc) is 3.11. The zero-order chi connectivity index (χ0) is 14.8. The number of hydrogen-bond donors (Lipinski definition) is 1. The van der Waals surface area contributed by atoms with E-state index in [1.807, 2.05) is 29.1 Å². The second kappa shape index (κ2) is 5.44. The molecule has 0 spiro atoms. The summed E-state index contributed by atoms with van der Waals surface area (Å²) < 4.78 is 4.09. The second-order valence-corrected chi connectivity index (χ2v) is 5.18. The van der Waals surface area contributed by atoms with Gasteiger partial charge >= 0.3 is 0 Å². The van der Waals surface area contributed by atoms with Crippen LogP contribution in [-0.4, -0.2) is 19.1 Å². The number of aryl methyl sites for hydroxylation is 1. The van der Waals surface area contributed by atoms with Crippen LogP contribution in [0.15, 0.2) is 43.1 Å². The largest absolute Gasteiger partial charge is 0.380 e. The number of pyridine rings is 1. The maximum Gasteiger partial charge on any atom is 0.137 e. The standard InChI is InChI=1S/C16H19N5/c1-12-8-14(13(2)20(12)3)9-18-15-4-5-16(19-10-15)21-7-6-17-11-21/h4-8,10-11,18H,9H2,1-3H3. The maximum absolute atomic E-state index is 4.43. The van der Waals surface area contributed by atoms with E-state index < -0.39 is 0 Å². The Bertz CT molecular complexity index is 723. The number of imidazole rings is 1. The first-order chi connectivity index (χ1) is 10.1. The first kappa shape index (κ1) is 13.4. The van der Waals surface area contributed by atoms with Crippen molar-refractivity contribution in [2.24, 2.45) is 7.05 Å². The number of anilines is 1. The van der Waals surface area contributed by atoms with Crippen molar-refractivity contribution in [3.63, 3.8) is 0 Å². The van der Waals surface area contributed by atoms with Gasteiger partial charge in [-0.3, -0.25) is 4.57 Å². The SMILES string of the molecule is Cc1cc(CNc2ccc(-n3ccnc3)nc2)c(C)n1C. The Hall–Kier alpha value is -2.56. The van der Waals surface area contributed by atoms with Crippen LogP contribution in [0.2, 0.25) is 0 Å². The minimum atomic E-state index is 0.805.